The largest absolute Gasteiger partial charge is 0.457 e. The van der Waals surface area contributed by atoms with E-state index in [0.717, 1.165) is 11.3 Å². The lowest BCUT2D eigenvalue weighted by Crippen LogP contribution is -2.71. The zero-order valence-electron chi connectivity index (χ0n) is 18.4. The molecule has 1 fully saturated rings. The molecular formula is C18H18ClN9O5S3. The van der Waals surface area contributed by atoms with E-state index in [1.165, 1.54) is 50.1 Å². The average Bonchev–Trinajstić information content (AvgIpc) is 3.48. The van der Waals surface area contributed by atoms with Crippen molar-refractivity contribution in [3.05, 3.63) is 34.0 Å². The number of nitrogens with one attached hydrogen (secondary N) is 1. The molecule has 1 unspecified atom stereocenters. The number of carbonyl (C=O) groups excluding carboxylic acids is 3. The fraction of sp³-hybridized carbons (Fsp3) is 0.333. The highest BCUT2D eigenvalue weighted by molar-refractivity contribution is 8.01. The molecule has 14 nitrogen and oxygen atoms in total. The molecule has 4 rings (SSSR count). The Kier molecular flexibility index (Phi) is 8.12. The van der Waals surface area contributed by atoms with Gasteiger partial charge in [-0.15, -0.1) is 28.2 Å². The summed E-state index contributed by atoms with van der Waals surface area (Å²) in [6.07, 6.45) is 1.44. The number of thioether (sulfide) groups is 2. The average molecular weight is 572 g/mol. The van der Waals surface area contributed by atoms with Gasteiger partial charge in [0.15, 0.2) is 10.8 Å². The van der Waals surface area contributed by atoms with Gasteiger partial charge in [0.25, 0.3) is 11.8 Å². The quantitative estimate of drug-likeness (QED) is 0.0924. The van der Waals surface area contributed by atoms with E-state index in [-0.39, 0.29) is 28.8 Å². The van der Waals surface area contributed by atoms with Gasteiger partial charge >= 0.3 is 5.97 Å². The number of rotatable bonds is 9. The van der Waals surface area contributed by atoms with Crippen LogP contribution in [0.2, 0.25) is 0 Å². The minimum Gasteiger partial charge on any atom is -0.457 e. The van der Waals surface area contributed by atoms with Crippen LogP contribution in [0.15, 0.2) is 38.6 Å². The standard InChI is InChI=1S/C18H18ClN9O5S3/c1-27-18(23-25-26-27)36-6-8-5-34-15-11(14(30)28(15)12(8)16(31)33-4-2-3-19)22-13(29)10(24-32)9-7-35-17(20)21-9/h2-3,7,11,15,32H,4-6H2,1H3,(H2,20,21)(H,22,29)/b3-2+,24-10-/t11?,15-/m1/s1. The number of carbonyl (C=O) groups is 3. The number of thiazole rings is 1. The van der Waals surface area contributed by atoms with Crippen LogP contribution in [0, 0.1) is 0 Å². The first-order chi connectivity index (χ1) is 17.3. The molecule has 2 aliphatic rings. The molecule has 2 amide bonds. The summed E-state index contributed by atoms with van der Waals surface area (Å²) in [6.45, 7) is -0.0768. The Morgan fingerprint density at radius 2 is 2.31 bits per heavy atom. The highest BCUT2D eigenvalue weighted by atomic mass is 35.5. The third-order valence-corrected chi connectivity index (χ3v) is 8.25. The summed E-state index contributed by atoms with van der Waals surface area (Å²) in [7, 11) is 1.69. The maximum Gasteiger partial charge on any atom is 0.355 e. The van der Waals surface area contributed by atoms with Crippen LogP contribution in [0.5, 0.6) is 0 Å². The molecule has 190 valence electrons. The van der Waals surface area contributed by atoms with E-state index >= 15 is 0 Å². The van der Waals surface area contributed by atoms with Crippen LogP contribution in [0.3, 0.4) is 0 Å². The van der Waals surface area contributed by atoms with E-state index in [9.17, 15) is 19.6 Å². The van der Waals surface area contributed by atoms with Gasteiger partial charge < -0.3 is 21.0 Å². The highest BCUT2D eigenvalue weighted by Gasteiger charge is 2.54. The lowest BCUT2D eigenvalue weighted by Gasteiger charge is -2.49. The molecule has 2 aliphatic heterocycles. The molecule has 36 heavy (non-hydrogen) atoms. The number of esters is 1. The van der Waals surface area contributed by atoms with Gasteiger partial charge in [-0.05, 0) is 22.1 Å². The van der Waals surface area contributed by atoms with Gasteiger partial charge in [0.2, 0.25) is 5.16 Å². The molecule has 2 aromatic heterocycles. The molecule has 2 atom stereocenters. The fourth-order valence-corrected chi connectivity index (χ4v) is 6.28. The fourth-order valence-electron chi connectivity index (χ4n) is 3.33. The number of nitrogens with zero attached hydrogens (tertiary/aromatic N) is 7. The number of oxime groups is 1. The molecule has 0 aromatic carbocycles. The monoisotopic (exact) mass is 571 g/mol. The number of aromatic nitrogens is 5. The number of amides is 2. The van der Waals surface area contributed by atoms with Crippen LogP contribution in [-0.4, -0.2) is 88.3 Å². The number of ether oxygens (including phenoxy) is 1. The molecule has 0 aliphatic carbocycles. The van der Waals surface area contributed by atoms with E-state index in [4.69, 9.17) is 22.1 Å². The van der Waals surface area contributed by atoms with E-state index in [2.05, 4.69) is 31.0 Å². The van der Waals surface area contributed by atoms with E-state index < -0.39 is 29.2 Å². The number of fused-ring (bicyclic) bond motifs is 1. The molecule has 0 bridgehead atoms. The van der Waals surface area contributed by atoms with Crippen molar-refractivity contribution in [2.45, 2.75) is 16.6 Å². The minimum atomic E-state index is -0.960. The molecule has 0 spiro atoms. The summed E-state index contributed by atoms with van der Waals surface area (Å²) in [5.74, 6) is -1.30. The topological polar surface area (TPSA) is 191 Å². The second kappa shape index (κ2) is 11.3. The molecule has 2 aromatic rings. The van der Waals surface area contributed by atoms with E-state index in [0.29, 0.717) is 22.2 Å². The Labute approximate surface area is 220 Å². The number of β-lactam (4-membered cyclic amide) rings is 1. The van der Waals surface area contributed by atoms with Crippen molar-refractivity contribution in [2.24, 2.45) is 12.2 Å². The second-order valence-corrected chi connectivity index (χ2v) is 10.4. The molecule has 4 N–H and O–H groups in total. The number of aryl methyl sites for hydroxylation is 1. The maximum absolute atomic E-state index is 13.1. The highest BCUT2D eigenvalue weighted by Crippen LogP contribution is 2.41. The summed E-state index contributed by atoms with van der Waals surface area (Å²) < 4.78 is 6.75. The zero-order chi connectivity index (χ0) is 25.8. The van der Waals surface area contributed by atoms with Crippen molar-refractivity contribution in [1.29, 1.82) is 0 Å². The van der Waals surface area contributed by atoms with Gasteiger partial charge in [-0.1, -0.05) is 28.5 Å². The second-order valence-electron chi connectivity index (χ2n) is 7.17. The molecule has 1 saturated heterocycles. The molecular weight excluding hydrogens is 554 g/mol. The molecule has 18 heteroatoms. The van der Waals surface area contributed by atoms with Crippen LogP contribution in [-0.2, 0) is 26.2 Å². The smallest absolute Gasteiger partial charge is 0.355 e. The SMILES string of the molecule is Cn1nnnc1SCC1=C(C(=O)OC/C=C/Cl)N2C(=O)C(NC(=O)/C(=N\O)c3csc(N)n3)[C@H]2SC1. The maximum atomic E-state index is 13.1. The van der Waals surface area contributed by atoms with Gasteiger partial charge in [0.05, 0.1) is 0 Å². The lowest BCUT2D eigenvalue weighted by atomic mass is 10.0. The Morgan fingerprint density at radius 1 is 1.50 bits per heavy atom. The van der Waals surface area contributed by atoms with Crippen molar-refractivity contribution in [2.75, 3.05) is 23.8 Å². The number of nitrogens with two attached hydrogens (primary N) is 1. The van der Waals surface area contributed by atoms with Gasteiger partial charge in [-0.3, -0.25) is 14.5 Å². The third-order valence-electron chi connectivity index (χ3n) is 4.96. The summed E-state index contributed by atoms with van der Waals surface area (Å²) in [6, 6.07) is -0.960. The number of nitrogen functional groups attached to an aromatic ring is 1. The van der Waals surface area contributed by atoms with Gasteiger partial charge in [-0.2, -0.15) is 0 Å². The zero-order valence-corrected chi connectivity index (χ0v) is 21.6. The first-order valence-corrected chi connectivity index (χ1v) is 13.4. The number of hydrogen-bond donors (Lipinski definition) is 3. The van der Waals surface area contributed by atoms with Gasteiger partial charge in [0, 0.05) is 29.5 Å². The summed E-state index contributed by atoms with van der Waals surface area (Å²) in [4.78, 5) is 44.0. The lowest BCUT2D eigenvalue weighted by molar-refractivity contribution is -0.152. The predicted octanol–water partition coefficient (Wildman–Crippen LogP) is 0.169. The molecule has 4 heterocycles. The Balaban J connectivity index is 1.52. The predicted molar refractivity (Wildman–Crippen MR) is 132 cm³/mol. The van der Waals surface area contributed by atoms with E-state index in [1.807, 2.05) is 0 Å². The minimum absolute atomic E-state index is 0.0755. The summed E-state index contributed by atoms with van der Waals surface area (Å²) in [5, 5.41) is 27.8. The molecule has 0 saturated carbocycles. The number of anilines is 1. The number of halogens is 1. The van der Waals surface area contributed by atoms with Crippen molar-refractivity contribution in [3.63, 3.8) is 0 Å². The van der Waals surface area contributed by atoms with Crippen LogP contribution in [0.1, 0.15) is 5.69 Å². The van der Waals surface area contributed by atoms with Crippen LogP contribution in [0.25, 0.3) is 0 Å². The van der Waals surface area contributed by atoms with Gasteiger partial charge in [-0.25, -0.2) is 14.5 Å². The number of tetrazole rings is 1. The number of hydrogen-bond acceptors (Lipinski definition) is 14. The van der Waals surface area contributed by atoms with Crippen LogP contribution >= 0.6 is 46.5 Å². The van der Waals surface area contributed by atoms with Crippen LogP contribution in [0.4, 0.5) is 5.13 Å². The molecule has 0 radical (unpaired) electrons. The Morgan fingerprint density at radius 3 is 2.94 bits per heavy atom. The summed E-state index contributed by atoms with van der Waals surface area (Å²) in [5.41, 5.74) is 7.25. The Bertz CT molecular complexity index is 1280. The third kappa shape index (κ3) is 5.18. The van der Waals surface area contributed by atoms with Gasteiger partial charge in [0.1, 0.15) is 29.4 Å². The first-order valence-electron chi connectivity index (χ1n) is 10.0. The first kappa shape index (κ1) is 25.9. The van der Waals surface area contributed by atoms with Crippen molar-refractivity contribution >= 4 is 75.1 Å². The van der Waals surface area contributed by atoms with Crippen LogP contribution < -0.4 is 11.1 Å². The van der Waals surface area contributed by atoms with Crippen molar-refractivity contribution < 1.29 is 24.3 Å². The Hall–Kier alpha value is -3.15. The summed E-state index contributed by atoms with van der Waals surface area (Å²) >= 11 is 9.24. The van der Waals surface area contributed by atoms with Crippen molar-refractivity contribution in [1.82, 2.24) is 35.4 Å². The van der Waals surface area contributed by atoms with Crippen molar-refractivity contribution in [3.8, 4) is 0 Å². The van der Waals surface area contributed by atoms with E-state index in [1.54, 1.807) is 7.05 Å². The normalized spacial score (nSPS) is 19.9.